The Hall–Kier alpha value is -1.79. The van der Waals surface area contributed by atoms with Gasteiger partial charge >= 0.3 is 18.0 Å². The Balaban J connectivity index is 4.45. The molecule has 7 heteroatoms. The van der Waals surface area contributed by atoms with E-state index in [0.717, 1.165) is 0 Å². The molecule has 0 heterocycles. The molecule has 86 valence electrons. The Morgan fingerprint density at radius 3 is 1.93 bits per heavy atom. The lowest BCUT2D eigenvalue weighted by molar-refractivity contribution is -0.144. The van der Waals surface area contributed by atoms with E-state index in [1.54, 1.807) is 12.2 Å². The van der Waals surface area contributed by atoms with Gasteiger partial charge in [0.05, 0.1) is 5.92 Å². The van der Waals surface area contributed by atoms with E-state index in [9.17, 15) is 14.4 Å². The molecule has 0 aromatic heterocycles. The second-order valence-electron chi connectivity index (χ2n) is 3.02. The zero-order chi connectivity index (χ0) is 12.0. The van der Waals surface area contributed by atoms with Crippen molar-refractivity contribution in [3.63, 3.8) is 0 Å². The summed E-state index contributed by atoms with van der Waals surface area (Å²) in [6, 6.07) is -1.39. The minimum atomic E-state index is -1.48. The van der Waals surface area contributed by atoms with E-state index in [-0.39, 0.29) is 12.8 Å². The van der Waals surface area contributed by atoms with Crippen LogP contribution < -0.4 is 5.32 Å². The van der Waals surface area contributed by atoms with Crippen molar-refractivity contribution in [2.24, 2.45) is 5.92 Å². The number of hydrogen-bond donors (Lipinski definition) is 4. The van der Waals surface area contributed by atoms with E-state index < -0.39 is 30.0 Å². The first-order chi connectivity index (χ1) is 6.88. The third-order valence-corrected chi connectivity index (χ3v) is 1.96. The van der Waals surface area contributed by atoms with Crippen molar-refractivity contribution in [1.82, 2.24) is 5.32 Å². The number of rotatable bonds is 6. The van der Waals surface area contributed by atoms with Crippen molar-refractivity contribution in [2.75, 3.05) is 0 Å². The van der Waals surface area contributed by atoms with Gasteiger partial charge in [0.25, 0.3) is 0 Å². The number of hydrogen-bond acceptors (Lipinski definition) is 3. The van der Waals surface area contributed by atoms with Crippen LogP contribution in [0.5, 0.6) is 0 Å². The fourth-order valence-corrected chi connectivity index (χ4v) is 1.10. The summed E-state index contributed by atoms with van der Waals surface area (Å²) >= 11 is 0. The van der Waals surface area contributed by atoms with Gasteiger partial charge in [0.2, 0.25) is 0 Å². The van der Waals surface area contributed by atoms with E-state index >= 15 is 0 Å². The van der Waals surface area contributed by atoms with E-state index in [1.807, 2.05) is 0 Å². The fraction of sp³-hybridized carbons (Fsp3) is 0.625. The molecule has 4 N–H and O–H groups in total. The third-order valence-electron chi connectivity index (χ3n) is 1.96. The molecular weight excluding hydrogens is 206 g/mol. The molecule has 0 aliphatic rings. The average molecular weight is 219 g/mol. The first kappa shape index (κ1) is 13.2. The van der Waals surface area contributed by atoms with Crippen LogP contribution in [-0.4, -0.2) is 39.4 Å². The topological polar surface area (TPSA) is 124 Å². The lowest BCUT2D eigenvalue weighted by Gasteiger charge is -2.16. The molecular formula is C8H13NO6. The minimum Gasteiger partial charge on any atom is -0.481 e. The summed E-state index contributed by atoms with van der Waals surface area (Å²) in [5.41, 5.74) is 0. The number of carbonyl (C=O) groups is 3. The highest BCUT2D eigenvalue weighted by Gasteiger charge is 2.26. The van der Waals surface area contributed by atoms with Crippen LogP contribution >= 0.6 is 0 Å². The summed E-state index contributed by atoms with van der Waals surface area (Å²) in [6.45, 7) is 1.60. The van der Waals surface area contributed by atoms with Crippen LogP contribution in [-0.2, 0) is 9.59 Å². The molecule has 0 saturated carbocycles. The molecule has 0 aliphatic heterocycles. The van der Waals surface area contributed by atoms with Crippen molar-refractivity contribution in [2.45, 2.75) is 25.8 Å². The lowest BCUT2D eigenvalue weighted by Crippen LogP contribution is -2.42. The van der Waals surface area contributed by atoms with Gasteiger partial charge in [-0.05, 0) is 12.8 Å². The zero-order valence-corrected chi connectivity index (χ0v) is 8.14. The van der Waals surface area contributed by atoms with Gasteiger partial charge in [0.15, 0.2) is 0 Å². The van der Waals surface area contributed by atoms with Gasteiger partial charge in [-0.2, -0.15) is 0 Å². The van der Waals surface area contributed by atoms with Crippen LogP contribution in [0.1, 0.15) is 19.8 Å². The standard InChI is InChI=1S/C8H13NO6/c1-2-4(6(10)11)3-5(7(12)13)9-8(14)15/h4-5,9H,2-3H2,1H3,(H,10,11)(H,12,13)(H,14,15)/t4?,5-/m1/s1. The van der Waals surface area contributed by atoms with Crippen molar-refractivity contribution < 1.29 is 29.7 Å². The normalized spacial score (nSPS) is 13.9. The summed E-state index contributed by atoms with van der Waals surface area (Å²) in [6.07, 6.45) is -1.49. The van der Waals surface area contributed by atoms with Crippen LogP contribution in [0, 0.1) is 5.92 Å². The van der Waals surface area contributed by atoms with Crippen LogP contribution in [0.15, 0.2) is 0 Å². The molecule has 0 bridgehead atoms. The molecule has 0 aromatic carbocycles. The molecule has 0 spiro atoms. The van der Waals surface area contributed by atoms with E-state index in [1.165, 1.54) is 0 Å². The number of nitrogens with one attached hydrogen (secondary N) is 1. The van der Waals surface area contributed by atoms with Crippen LogP contribution in [0.25, 0.3) is 0 Å². The number of carboxylic acids is 2. The summed E-state index contributed by atoms with van der Waals surface area (Å²) in [7, 11) is 0. The van der Waals surface area contributed by atoms with Crippen molar-refractivity contribution in [3.05, 3.63) is 0 Å². The molecule has 1 amide bonds. The maximum absolute atomic E-state index is 10.6. The summed E-state index contributed by atoms with van der Waals surface area (Å²) in [5.74, 6) is -3.37. The molecule has 0 saturated heterocycles. The highest BCUT2D eigenvalue weighted by atomic mass is 16.4. The SMILES string of the molecule is CCC(C[C@@H](NC(=O)O)C(=O)O)C(=O)O. The molecule has 15 heavy (non-hydrogen) atoms. The average Bonchev–Trinajstić information content (AvgIpc) is 2.10. The highest BCUT2D eigenvalue weighted by Crippen LogP contribution is 2.11. The maximum atomic E-state index is 10.6. The first-order valence-corrected chi connectivity index (χ1v) is 4.33. The van der Waals surface area contributed by atoms with Gasteiger partial charge in [0, 0.05) is 0 Å². The molecule has 0 fully saturated rings. The minimum absolute atomic E-state index is 0.250. The molecule has 0 radical (unpaired) electrons. The predicted molar refractivity (Wildman–Crippen MR) is 48.6 cm³/mol. The van der Waals surface area contributed by atoms with Crippen molar-refractivity contribution in [1.29, 1.82) is 0 Å². The Morgan fingerprint density at radius 2 is 1.67 bits per heavy atom. The summed E-state index contributed by atoms with van der Waals surface area (Å²) < 4.78 is 0. The predicted octanol–water partition coefficient (Wildman–Crippen LogP) is 0.208. The van der Waals surface area contributed by atoms with Gasteiger partial charge in [-0.1, -0.05) is 6.92 Å². The Morgan fingerprint density at radius 1 is 1.13 bits per heavy atom. The second kappa shape index (κ2) is 5.84. The molecule has 7 nitrogen and oxygen atoms in total. The molecule has 0 aromatic rings. The fourth-order valence-electron chi connectivity index (χ4n) is 1.10. The van der Waals surface area contributed by atoms with Crippen LogP contribution in [0.3, 0.4) is 0 Å². The first-order valence-electron chi connectivity index (χ1n) is 4.33. The zero-order valence-electron chi connectivity index (χ0n) is 8.14. The second-order valence-corrected chi connectivity index (χ2v) is 3.02. The quantitative estimate of drug-likeness (QED) is 0.506. The number of carboxylic acid groups (broad SMARTS) is 3. The Labute approximate surface area is 85.7 Å². The van der Waals surface area contributed by atoms with Crippen molar-refractivity contribution in [3.8, 4) is 0 Å². The van der Waals surface area contributed by atoms with E-state index in [2.05, 4.69) is 0 Å². The monoisotopic (exact) mass is 219 g/mol. The lowest BCUT2D eigenvalue weighted by atomic mass is 9.97. The summed E-state index contributed by atoms with van der Waals surface area (Å²) in [4.78, 5) is 31.4. The van der Waals surface area contributed by atoms with Gasteiger partial charge in [-0.3, -0.25) is 4.79 Å². The van der Waals surface area contributed by atoms with E-state index in [4.69, 9.17) is 15.3 Å². The molecule has 0 aliphatic carbocycles. The Bertz CT molecular complexity index is 264. The third kappa shape index (κ3) is 4.84. The maximum Gasteiger partial charge on any atom is 0.405 e. The van der Waals surface area contributed by atoms with Crippen molar-refractivity contribution >= 4 is 18.0 Å². The molecule has 0 rings (SSSR count). The van der Waals surface area contributed by atoms with E-state index in [0.29, 0.717) is 0 Å². The van der Waals surface area contributed by atoms with Gasteiger partial charge < -0.3 is 20.6 Å². The van der Waals surface area contributed by atoms with Gasteiger partial charge in [-0.15, -0.1) is 0 Å². The van der Waals surface area contributed by atoms with Gasteiger partial charge in [-0.25, -0.2) is 9.59 Å². The number of aliphatic carboxylic acids is 2. The van der Waals surface area contributed by atoms with Gasteiger partial charge in [0.1, 0.15) is 6.04 Å². The smallest absolute Gasteiger partial charge is 0.405 e. The molecule has 1 unspecified atom stereocenters. The molecule has 2 atom stereocenters. The van der Waals surface area contributed by atoms with Crippen LogP contribution in [0.4, 0.5) is 4.79 Å². The highest BCUT2D eigenvalue weighted by molar-refractivity contribution is 5.80. The Kier molecular flexibility index (Phi) is 5.14. The van der Waals surface area contributed by atoms with Crippen LogP contribution in [0.2, 0.25) is 0 Å². The largest absolute Gasteiger partial charge is 0.481 e. The number of amides is 1. The summed E-state index contributed by atoms with van der Waals surface area (Å²) in [5, 5.41) is 27.4.